The van der Waals surface area contributed by atoms with Gasteiger partial charge in [-0.1, -0.05) is 18.2 Å². The van der Waals surface area contributed by atoms with Gasteiger partial charge in [0, 0.05) is 11.9 Å². The minimum atomic E-state index is -0.470. The number of benzene rings is 1. The van der Waals surface area contributed by atoms with Gasteiger partial charge in [-0.2, -0.15) is 0 Å². The Bertz CT molecular complexity index is 524. The van der Waals surface area contributed by atoms with Gasteiger partial charge < -0.3 is 14.9 Å². The first-order valence-electron chi connectivity index (χ1n) is 4.67. The molecule has 0 saturated heterocycles. The molecule has 0 spiro atoms. The molecule has 86 valence electrons. The maximum Gasteiger partial charge on any atom is 0.379 e. The van der Waals surface area contributed by atoms with E-state index < -0.39 is 5.63 Å². The van der Waals surface area contributed by atoms with E-state index in [1.54, 1.807) is 12.1 Å². The third-order valence-electron chi connectivity index (χ3n) is 1.98. The fourth-order valence-corrected chi connectivity index (χ4v) is 1.31. The van der Waals surface area contributed by atoms with Gasteiger partial charge in [0.15, 0.2) is 0 Å². The van der Waals surface area contributed by atoms with E-state index in [1.165, 1.54) is 0 Å². The highest BCUT2D eigenvalue weighted by molar-refractivity contribution is 5.85. The van der Waals surface area contributed by atoms with Crippen LogP contribution in [0.5, 0.6) is 5.75 Å². The van der Waals surface area contributed by atoms with E-state index in [1.807, 2.05) is 18.2 Å². The Labute approximate surface area is 98.4 Å². The van der Waals surface area contributed by atoms with Crippen LogP contribution in [0.15, 0.2) is 39.5 Å². The van der Waals surface area contributed by atoms with Crippen molar-refractivity contribution in [3.8, 4) is 5.75 Å². The lowest BCUT2D eigenvalue weighted by Gasteiger charge is -2.03. The molecule has 0 bridgehead atoms. The molecular formula is C11H12ClNO3. The van der Waals surface area contributed by atoms with Gasteiger partial charge in [-0.15, -0.1) is 12.4 Å². The Morgan fingerprint density at radius 3 is 2.81 bits per heavy atom. The van der Waals surface area contributed by atoms with E-state index in [0.717, 1.165) is 5.39 Å². The first-order chi connectivity index (χ1) is 7.31. The second kappa shape index (κ2) is 5.53. The van der Waals surface area contributed by atoms with Crippen molar-refractivity contribution < 1.29 is 9.15 Å². The zero-order valence-corrected chi connectivity index (χ0v) is 9.33. The monoisotopic (exact) mass is 241 g/mol. The molecule has 0 fully saturated rings. The lowest BCUT2D eigenvalue weighted by atomic mass is 10.2. The van der Waals surface area contributed by atoms with Crippen molar-refractivity contribution in [1.82, 2.24) is 0 Å². The van der Waals surface area contributed by atoms with Crippen molar-refractivity contribution in [1.29, 1.82) is 0 Å². The average molecular weight is 242 g/mol. The van der Waals surface area contributed by atoms with Crippen LogP contribution < -0.4 is 16.1 Å². The van der Waals surface area contributed by atoms with Gasteiger partial charge in [-0.3, -0.25) is 0 Å². The summed E-state index contributed by atoms with van der Waals surface area (Å²) >= 11 is 0. The zero-order valence-electron chi connectivity index (χ0n) is 8.51. The Kier molecular flexibility index (Phi) is 4.34. The van der Waals surface area contributed by atoms with E-state index in [-0.39, 0.29) is 18.2 Å². The molecule has 0 aliphatic rings. The van der Waals surface area contributed by atoms with Crippen LogP contribution in [0.25, 0.3) is 11.0 Å². The van der Waals surface area contributed by atoms with Crippen molar-refractivity contribution in [3.05, 3.63) is 40.8 Å². The van der Waals surface area contributed by atoms with Gasteiger partial charge >= 0.3 is 5.63 Å². The topological polar surface area (TPSA) is 65.5 Å². The summed E-state index contributed by atoms with van der Waals surface area (Å²) in [6, 6.07) is 8.94. The SMILES string of the molecule is Cl.NCCOc1cc2ccccc2oc1=O. The molecule has 2 rings (SSSR count). The third-order valence-corrected chi connectivity index (χ3v) is 1.98. The summed E-state index contributed by atoms with van der Waals surface area (Å²) in [5.74, 6) is 0.208. The van der Waals surface area contributed by atoms with Crippen LogP contribution in [0.1, 0.15) is 0 Å². The van der Waals surface area contributed by atoms with Crippen LogP contribution in [0, 0.1) is 0 Å². The molecule has 4 nitrogen and oxygen atoms in total. The number of nitrogens with two attached hydrogens (primary N) is 1. The minimum absolute atomic E-state index is 0. The summed E-state index contributed by atoms with van der Waals surface area (Å²) in [7, 11) is 0. The molecule has 2 N–H and O–H groups in total. The lowest BCUT2D eigenvalue weighted by Crippen LogP contribution is -2.14. The molecule has 0 radical (unpaired) electrons. The van der Waals surface area contributed by atoms with E-state index in [0.29, 0.717) is 18.7 Å². The molecule has 0 unspecified atom stereocenters. The number of hydrogen-bond donors (Lipinski definition) is 1. The van der Waals surface area contributed by atoms with Crippen LogP contribution in [-0.4, -0.2) is 13.2 Å². The molecule has 1 aromatic carbocycles. The van der Waals surface area contributed by atoms with Gasteiger partial charge in [0.2, 0.25) is 5.75 Å². The van der Waals surface area contributed by atoms with Crippen LogP contribution in [-0.2, 0) is 0 Å². The first-order valence-corrected chi connectivity index (χ1v) is 4.67. The van der Waals surface area contributed by atoms with Crippen LogP contribution >= 0.6 is 12.4 Å². The summed E-state index contributed by atoms with van der Waals surface area (Å²) in [5.41, 5.74) is 5.37. The molecular weight excluding hydrogens is 230 g/mol. The minimum Gasteiger partial charge on any atom is -0.485 e. The molecule has 0 atom stereocenters. The molecule has 1 heterocycles. The highest BCUT2D eigenvalue weighted by Crippen LogP contribution is 2.16. The second-order valence-electron chi connectivity index (χ2n) is 3.07. The largest absolute Gasteiger partial charge is 0.485 e. The van der Waals surface area contributed by atoms with Crippen LogP contribution in [0.3, 0.4) is 0 Å². The van der Waals surface area contributed by atoms with E-state index in [2.05, 4.69) is 0 Å². The van der Waals surface area contributed by atoms with Crippen LogP contribution in [0.4, 0.5) is 0 Å². The van der Waals surface area contributed by atoms with Crippen molar-refractivity contribution in [3.63, 3.8) is 0 Å². The predicted octanol–water partition coefficient (Wildman–Crippen LogP) is 1.55. The molecule has 2 aromatic rings. The second-order valence-corrected chi connectivity index (χ2v) is 3.07. The lowest BCUT2D eigenvalue weighted by molar-refractivity contribution is 0.312. The number of para-hydroxylation sites is 1. The van der Waals surface area contributed by atoms with Crippen molar-refractivity contribution in [2.45, 2.75) is 0 Å². The number of fused-ring (bicyclic) bond motifs is 1. The number of halogens is 1. The molecule has 1 aromatic heterocycles. The maximum absolute atomic E-state index is 11.4. The summed E-state index contributed by atoms with van der Waals surface area (Å²) in [6.07, 6.45) is 0. The summed E-state index contributed by atoms with van der Waals surface area (Å²) in [6.45, 7) is 0.676. The summed E-state index contributed by atoms with van der Waals surface area (Å²) in [5, 5.41) is 0.837. The van der Waals surface area contributed by atoms with Gasteiger partial charge in [0.1, 0.15) is 12.2 Å². The maximum atomic E-state index is 11.4. The molecule has 0 amide bonds. The molecule has 0 aliphatic heterocycles. The Morgan fingerprint density at radius 1 is 1.31 bits per heavy atom. The molecule has 0 saturated carbocycles. The fourth-order valence-electron chi connectivity index (χ4n) is 1.31. The Balaban J connectivity index is 0.00000128. The number of ether oxygens (including phenoxy) is 1. The Morgan fingerprint density at radius 2 is 2.06 bits per heavy atom. The zero-order chi connectivity index (χ0) is 10.7. The summed E-state index contributed by atoms with van der Waals surface area (Å²) in [4.78, 5) is 11.4. The van der Waals surface area contributed by atoms with E-state index in [9.17, 15) is 4.79 Å². The molecule has 0 aliphatic carbocycles. The van der Waals surface area contributed by atoms with Crippen LogP contribution in [0.2, 0.25) is 0 Å². The Hall–Kier alpha value is -1.52. The predicted molar refractivity (Wildman–Crippen MR) is 64.3 cm³/mol. The third kappa shape index (κ3) is 2.53. The quantitative estimate of drug-likeness (QED) is 0.828. The number of rotatable bonds is 3. The van der Waals surface area contributed by atoms with Crippen molar-refractivity contribution >= 4 is 23.4 Å². The van der Waals surface area contributed by atoms with Gasteiger partial charge in [-0.05, 0) is 12.1 Å². The smallest absolute Gasteiger partial charge is 0.379 e. The van der Waals surface area contributed by atoms with Gasteiger partial charge in [0.25, 0.3) is 0 Å². The normalized spacial score (nSPS) is 9.81. The van der Waals surface area contributed by atoms with Crippen molar-refractivity contribution in [2.75, 3.05) is 13.2 Å². The van der Waals surface area contributed by atoms with Gasteiger partial charge in [0.05, 0.1) is 0 Å². The number of hydrogen-bond acceptors (Lipinski definition) is 4. The first kappa shape index (κ1) is 12.5. The van der Waals surface area contributed by atoms with E-state index in [4.69, 9.17) is 14.9 Å². The highest BCUT2D eigenvalue weighted by atomic mass is 35.5. The average Bonchev–Trinajstić information content (AvgIpc) is 2.26. The standard InChI is InChI=1S/C11H11NO3.ClH/c12-5-6-14-10-7-8-3-1-2-4-9(8)15-11(10)13;/h1-4,7H,5-6,12H2;1H. The van der Waals surface area contributed by atoms with Gasteiger partial charge in [-0.25, -0.2) is 4.79 Å². The van der Waals surface area contributed by atoms with E-state index >= 15 is 0 Å². The van der Waals surface area contributed by atoms with Crippen molar-refractivity contribution in [2.24, 2.45) is 5.73 Å². The highest BCUT2D eigenvalue weighted by Gasteiger charge is 2.04. The summed E-state index contributed by atoms with van der Waals surface area (Å²) < 4.78 is 10.2. The fraction of sp³-hybridized carbons (Fsp3) is 0.182. The molecule has 16 heavy (non-hydrogen) atoms. The molecule has 5 heteroatoms.